The molecule has 256 valence electrons. The van der Waals surface area contributed by atoms with Gasteiger partial charge in [-0.05, 0) is 79.8 Å². The average molecular weight is 762 g/mol. The standard InChI is InChI=1S/C33H31Cl5FN3O6/c1-31(2,3)20-8-10-22(42(29(45)46)30(47)48-32(4,5)6)25(39)26(20)41-27(43)19-14-18(7-9-21(19)36)40-28(44)24-23(33(24,37)38)15-11-16(34)13-17(35)12-15/h7-14,23-24H,1-6H3,(H,40,44)(H,41,43)(H,45,46)/t23-,24+/m0/s1. The molecule has 3 aromatic carbocycles. The van der Waals surface area contributed by atoms with Crippen molar-refractivity contribution in [2.75, 3.05) is 15.5 Å². The molecule has 48 heavy (non-hydrogen) atoms. The summed E-state index contributed by atoms with van der Waals surface area (Å²) in [5, 5.41) is 15.6. The van der Waals surface area contributed by atoms with E-state index >= 15 is 4.39 Å². The van der Waals surface area contributed by atoms with Crippen molar-refractivity contribution in [3.8, 4) is 0 Å². The largest absolute Gasteiger partial charge is 0.464 e. The summed E-state index contributed by atoms with van der Waals surface area (Å²) in [5.41, 5.74) is -2.04. The van der Waals surface area contributed by atoms with Crippen LogP contribution in [0.5, 0.6) is 0 Å². The second-order valence-electron chi connectivity index (χ2n) is 13.1. The maximum Gasteiger partial charge on any atom is 0.424 e. The number of rotatable bonds is 6. The fraction of sp³-hybridized carbons (Fsp3) is 0.333. The van der Waals surface area contributed by atoms with Crippen LogP contribution in [0.1, 0.15) is 68.9 Å². The third-order valence-electron chi connectivity index (χ3n) is 7.23. The molecule has 0 bridgehead atoms. The van der Waals surface area contributed by atoms with Crippen molar-refractivity contribution in [2.45, 2.75) is 62.8 Å². The Kier molecular flexibility index (Phi) is 10.6. The highest BCUT2D eigenvalue weighted by molar-refractivity contribution is 6.53. The number of carbonyl (C=O) groups excluding carboxylic acids is 3. The Morgan fingerprint density at radius 3 is 2.04 bits per heavy atom. The van der Waals surface area contributed by atoms with Crippen molar-refractivity contribution in [1.29, 1.82) is 0 Å². The summed E-state index contributed by atoms with van der Waals surface area (Å²) in [4.78, 5) is 51.9. The normalized spacial score (nSPS) is 16.9. The van der Waals surface area contributed by atoms with E-state index in [4.69, 9.17) is 62.7 Å². The number of alkyl halides is 2. The van der Waals surface area contributed by atoms with Crippen LogP contribution in [-0.4, -0.2) is 39.0 Å². The minimum Gasteiger partial charge on any atom is -0.464 e. The predicted octanol–water partition coefficient (Wildman–Crippen LogP) is 10.3. The van der Waals surface area contributed by atoms with E-state index in [2.05, 4.69) is 10.6 Å². The zero-order valence-electron chi connectivity index (χ0n) is 26.5. The van der Waals surface area contributed by atoms with Crippen LogP contribution in [-0.2, 0) is 14.9 Å². The SMILES string of the molecule is CC(C)(C)OC(=O)N(C(=O)O)c1ccc(C(C)(C)C)c(NC(=O)c2cc(NC(=O)[C@H]3[C@H](c4cc(Cl)cc(Cl)c4)C3(Cl)Cl)ccc2Cl)c1F. The van der Waals surface area contributed by atoms with Crippen molar-refractivity contribution < 1.29 is 33.4 Å². The van der Waals surface area contributed by atoms with Gasteiger partial charge in [0, 0.05) is 21.7 Å². The summed E-state index contributed by atoms with van der Waals surface area (Å²) in [6, 6.07) is 11.3. The fourth-order valence-electron chi connectivity index (χ4n) is 5.07. The van der Waals surface area contributed by atoms with Crippen LogP contribution in [0.3, 0.4) is 0 Å². The first kappa shape index (κ1) is 37.5. The number of nitrogens with zero attached hydrogens (tertiary/aromatic N) is 1. The van der Waals surface area contributed by atoms with Gasteiger partial charge < -0.3 is 20.5 Å². The number of hydrogen-bond acceptors (Lipinski definition) is 5. The number of amides is 4. The van der Waals surface area contributed by atoms with E-state index in [0.717, 1.165) is 6.07 Å². The molecule has 4 amide bonds. The number of carbonyl (C=O) groups is 4. The highest BCUT2D eigenvalue weighted by atomic mass is 35.5. The Labute approximate surface area is 301 Å². The molecule has 0 saturated heterocycles. The number of halogens is 6. The lowest BCUT2D eigenvalue weighted by atomic mass is 9.85. The van der Waals surface area contributed by atoms with Crippen molar-refractivity contribution >= 4 is 99.1 Å². The molecule has 0 unspecified atom stereocenters. The number of anilines is 3. The van der Waals surface area contributed by atoms with Gasteiger partial charge in [0.1, 0.15) is 9.93 Å². The molecule has 15 heteroatoms. The van der Waals surface area contributed by atoms with Gasteiger partial charge in [-0.1, -0.05) is 61.6 Å². The summed E-state index contributed by atoms with van der Waals surface area (Å²) in [6.07, 6.45) is -3.14. The van der Waals surface area contributed by atoms with E-state index in [0.29, 0.717) is 15.6 Å². The third-order valence-corrected chi connectivity index (χ3v) is 8.94. The molecule has 3 N–H and O–H groups in total. The summed E-state index contributed by atoms with van der Waals surface area (Å²) in [6.45, 7) is 9.82. The maximum atomic E-state index is 16.2. The minimum absolute atomic E-state index is 0.0396. The molecule has 3 aromatic rings. The number of nitrogens with one attached hydrogen (secondary N) is 2. The maximum absolute atomic E-state index is 16.2. The molecule has 1 aliphatic rings. The van der Waals surface area contributed by atoms with Gasteiger partial charge in [-0.2, -0.15) is 4.90 Å². The number of benzene rings is 3. The van der Waals surface area contributed by atoms with Gasteiger partial charge >= 0.3 is 12.2 Å². The lowest BCUT2D eigenvalue weighted by molar-refractivity contribution is -0.117. The monoisotopic (exact) mass is 759 g/mol. The van der Waals surface area contributed by atoms with Gasteiger partial charge in [0.05, 0.1) is 27.9 Å². The number of ether oxygens (including phenoxy) is 1. The van der Waals surface area contributed by atoms with Crippen molar-refractivity contribution in [1.82, 2.24) is 0 Å². The van der Waals surface area contributed by atoms with Gasteiger partial charge in [0.25, 0.3) is 5.91 Å². The quantitative estimate of drug-likeness (QED) is 0.215. The molecule has 4 rings (SSSR count). The zero-order chi connectivity index (χ0) is 36.1. The summed E-state index contributed by atoms with van der Waals surface area (Å²) < 4.78 is 19.9. The average Bonchev–Trinajstić information content (AvgIpc) is 3.51. The van der Waals surface area contributed by atoms with E-state index in [1.54, 1.807) is 32.9 Å². The molecular formula is C33H31Cl5FN3O6. The molecule has 0 aromatic heterocycles. The molecule has 1 aliphatic carbocycles. The number of hydrogen-bond donors (Lipinski definition) is 3. The van der Waals surface area contributed by atoms with Crippen molar-refractivity contribution in [3.63, 3.8) is 0 Å². The van der Waals surface area contributed by atoms with Crippen molar-refractivity contribution in [3.05, 3.63) is 86.1 Å². The Hall–Kier alpha value is -3.28. The minimum atomic E-state index is -1.80. The summed E-state index contributed by atoms with van der Waals surface area (Å²) in [7, 11) is 0. The Balaban J connectivity index is 1.65. The molecule has 0 heterocycles. The van der Waals surface area contributed by atoms with Gasteiger partial charge in [0.15, 0.2) is 5.82 Å². The summed E-state index contributed by atoms with van der Waals surface area (Å²) in [5.74, 6) is -4.16. The van der Waals surface area contributed by atoms with E-state index in [1.807, 2.05) is 0 Å². The van der Waals surface area contributed by atoms with Crippen LogP contribution in [0, 0.1) is 11.7 Å². The van der Waals surface area contributed by atoms with Gasteiger partial charge in [0.2, 0.25) is 5.91 Å². The Morgan fingerprint density at radius 2 is 1.50 bits per heavy atom. The van der Waals surface area contributed by atoms with E-state index in [1.165, 1.54) is 51.1 Å². The number of imide groups is 1. The van der Waals surface area contributed by atoms with E-state index in [9.17, 15) is 24.3 Å². The Bertz CT molecular complexity index is 1800. The molecular weight excluding hydrogens is 731 g/mol. The second-order valence-corrected chi connectivity index (χ2v) is 15.9. The van der Waals surface area contributed by atoms with E-state index in [-0.39, 0.29) is 32.4 Å². The topological polar surface area (TPSA) is 125 Å². The Morgan fingerprint density at radius 1 is 0.896 bits per heavy atom. The molecule has 1 saturated carbocycles. The van der Waals surface area contributed by atoms with Crippen LogP contribution in [0.25, 0.3) is 0 Å². The first-order chi connectivity index (χ1) is 22.0. The molecule has 1 fully saturated rings. The lowest BCUT2D eigenvalue weighted by Crippen LogP contribution is -2.41. The van der Waals surface area contributed by atoms with Gasteiger partial charge in [-0.15, -0.1) is 23.2 Å². The molecule has 9 nitrogen and oxygen atoms in total. The number of carboxylic acid groups (broad SMARTS) is 1. The molecule has 0 aliphatic heterocycles. The summed E-state index contributed by atoms with van der Waals surface area (Å²) >= 11 is 31.5. The smallest absolute Gasteiger partial charge is 0.424 e. The highest BCUT2D eigenvalue weighted by Crippen LogP contribution is 2.65. The lowest BCUT2D eigenvalue weighted by Gasteiger charge is -2.28. The van der Waals surface area contributed by atoms with Crippen LogP contribution in [0.15, 0.2) is 48.5 Å². The molecule has 2 atom stereocenters. The highest BCUT2D eigenvalue weighted by Gasteiger charge is 2.67. The predicted molar refractivity (Wildman–Crippen MR) is 187 cm³/mol. The van der Waals surface area contributed by atoms with Gasteiger partial charge in [-0.3, -0.25) is 9.59 Å². The third kappa shape index (κ3) is 8.12. The fourth-order valence-corrected chi connectivity index (χ4v) is 6.65. The zero-order valence-corrected chi connectivity index (χ0v) is 30.3. The van der Waals surface area contributed by atoms with Crippen LogP contribution >= 0.6 is 58.0 Å². The van der Waals surface area contributed by atoms with E-state index < -0.39 is 62.7 Å². The molecule has 0 spiro atoms. The first-order valence-corrected chi connectivity index (χ1v) is 16.3. The van der Waals surface area contributed by atoms with Crippen LogP contribution in [0.4, 0.5) is 31.0 Å². The van der Waals surface area contributed by atoms with Gasteiger partial charge in [-0.25, -0.2) is 14.0 Å². The van der Waals surface area contributed by atoms with Crippen LogP contribution in [0.2, 0.25) is 15.1 Å². The second kappa shape index (κ2) is 13.6. The first-order valence-electron chi connectivity index (χ1n) is 14.4. The van der Waals surface area contributed by atoms with Crippen molar-refractivity contribution in [2.24, 2.45) is 5.92 Å². The van der Waals surface area contributed by atoms with Crippen LogP contribution < -0.4 is 15.5 Å². The molecule has 0 radical (unpaired) electrons.